The van der Waals surface area contributed by atoms with Crippen molar-refractivity contribution in [2.75, 3.05) is 0 Å². The number of hydrogen-bond donors (Lipinski definition) is 0. The van der Waals surface area contributed by atoms with Crippen LogP contribution in [0.4, 0.5) is 0 Å². The van der Waals surface area contributed by atoms with Crippen LogP contribution in [-0.2, 0) is 0 Å². The fourth-order valence-corrected chi connectivity index (χ4v) is 19.9. The first-order valence-corrected chi connectivity index (χ1v) is 37.6. The summed E-state index contributed by atoms with van der Waals surface area (Å²) in [5.74, 6) is 1.57. The summed E-state index contributed by atoms with van der Waals surface area (Å²) in [6.45, 7) is 2.28. The third-order valence-electron chi connectivity index (χ3n) is 24.6. The number of rotatable bonds is 5. The topological polar surface area (TPSA) is 57.3 Å². The van der Waals surface area contributed by atoms with Gasteiger partial charge in [0.15, 0.2) is 0 Å². The zero-order valence-electron chi connectivity index (χ0n) is 58.8. The molecule has 8 heterocycles. The third kappa shape index (κ3) is 7.61. The van der Waals surface area contributed by atoms with Crippen LogP contribution in [0.1, 0.15) is 5.56 Å². The molecule has 0 saturated carbocycles. The van der Waals surface area contributed by atoms with Gasteiger partial charge in [-0.05, 0) is 157 Å². The number of fused-ring (bicyclic) bond motifs is 31. The van der Waals surface area contributed by atoms with E-state index in [1.54, 1.807) is 0 Å². The number of benzene rings is 18. The van der Waals surface area contributed by atoms with E-state index < -0.39 is 0 Å². The molecule has 18 aromatic carbocycles. The summed E-state index contributed by atoms with van der Waals surface area (Å²) in [6.07, 6.45) is 0. The third-order valence-corrected chi connectivity index (χ3v) is 24.6. The van der Waals surface area contributed by atoms with Gasteiger partial charge in [0.2, 0.25) is 5.95 Å². The quantitative estimate of drug-likeness (QED) is 0.161. The van der Waals surface area contributed by atoms with Gasteiger partial charge in [-0.2, -0.15) is 0 Å². The van der Waals surface area contributed by atoms with E-state index in [0.29, 0.717) is 5.95 Å². The predicted molar refractivity (Wildman–Crippen MR) is 459 cm³/mol. The molecule has 7 heteroatoms. The Morgan fingerprint density at radius 3 is 1.34 bits per heavy atom. The van der Waals surface area contributed by atoms with Crippen LogP contribution in [0.2, 0.25) is 0 Å². The minimum absolute atomic E-state index is 0.635. The molecule has 109 heavy (non-hydrogen) atoms. The molecule has 7 nitrogen and oxygen atoms in total. The molecule has 26 aromatic rings. The van der Waals surface area contributed by atoms with Gasteiger partial charge in [0.05, 0.1) is 71.9 Å². The molecule has 500 valence electrons. The molecule has 0 N–H and O–H groups in total. The molecule has 0 amide bonds. The van der Waals surface area contributed by atoms with Gasteiger partial charge in [-0.3, -0.25) is 9.13 Å². The Balaban J connectivity index is 0.656. The van der Waals surface area contributed by atoms with Crippen molar-refractivity contribution in [1.29, 1.82) is 0 Å². The van der Waals surface area contributed by atoms with E-state index in [1.807, 2.05) is 0 Å². The normalized spacial score (nSPS) is 12.6. The van der Waals surface area contributed by atoms with Crippen LogP contribution >= 0.6 is 0 Å². The van der Waals surface area contributed by atoms with E-state index in [-0.39, 0.29) is 0 Å². The second kappa shape index (κ2) is 20.9. The molecule has 0 radical (unpaired) electrons. The molecule has 0 atom stereocenters. The smallest absolute Gasteiger partial charge is 0.235 e. The van der Waals surface area contributed by atoms with Crippen molar-refractivity contribution < 1.29 is 0 Å². The second-order valence-corrected chi connectivity index (χ2v) is 30.1. The first-order chi connectivity index (χ1) is 54.0. The first-order valence-electron chi connectivity index (χ1n) is 37.6. The number of aromatic nitrogens is 7. The summed E-state index contributed by atoms with van der Waals surface area (Å²) in [5, 5.41) is 30.9. The van der Waals surface area contributed by atoms with E-state index in [4.69, 9.17) is 15.0 Å². The summed E-state index contributed by atoms with van der Waals surface area (Å²) in [7, 11) is 0. The standard InChI is InChI=1S/C102H57N7/c1-56-90(66-40-35-57-18-2-3-22-62(57)48-66)77-45-42-59-19-4-7-23-70(59)96(77)103-101(56)107-85-32-16-12-28-75(85)91-88(107)54-80-73-26-10-14-30-83(73)106-87-53-69-50-64(38-39-65(69)52-82(87)94(91)99(80)106)63-37-34-58-36-41-67(51-68(58)49-63)95-79-47-44-60-20-5-8-24-71(60)97(79)105-102(104-95)108-86-33-17-13-29-76(86)92-89(108)55-81-74-27-11-15-31-84(74)109-98-72-25-9-6-21-61(72)43-46-78(98)93(92)100(81)109/h2-55H,1H3. The molecule has 26 rings (SSSR count). The Morgan fingerprint density at radius 2 is 0.661 bits per heavy atom. The van der Waals surface area contributed by atoms with E-state index in [1.165, 1.54) is 147 Å². The Labute approximate surface area is 620 Å². The minimum Gasteiger partial charge on any atom is -0.308 e. The van der Waals surface area contributed by atoms with E-state index in [2.05, 4.69) is 352 Å². The fourth-order valence-electron chi connectivity index (χ4n) is 19.9. The molecule has 0 aliphatic carbocycles. The lowest BCUT2D eigenvalue weighted by atomic mass is 9.93. The van der Waals surface area contributed by atoms with E-state index in [9.17, 15) is 0 Å². The van der Waals surface area contributed by atoms with E-state index >= 15 is 0 Å². The van der Waals surface area contributed by atoms with Gasteiger partial charge >= 0.3 is 0 Å². The zero-order valence-corrected chi connectivity index (χ0v) is 58.8. The number of hydrogen-bond acceptors (Lipinski definition) is 3. The van der Waals surface area contributed by atoms with Gasteiger partial charge in [-0.1, -0.05) is 249 Å². The highest BCUT2D eigenvalue weighted by Crippen LogP contribution is 2.52. The maximum Gasteiger partial charge on any atom is 0.235 e. The molecular formula is C102H57N7. The average Bonchev–Trinajstić information content (AvgIpc) is 1.52. The van der Waals surface area contributed by atoms with Crippen LogP contribution < -0.4 is 0 Å². The minimum atomic E-state index is 0.635. The predicted octanol–water partition coefficient (Wildman–Crippen LogP) is 26.9. The zero-order chi connectivity index (χ0) is 70.7. The highest BCUT2D eigenvalue weighted by atomic mass is 15.2. The largest absolute Gasteiger partial charge is 0.308 e. The fraction of sp³-hybridized carbons (Fsp3) is 0.00980. The lowest BCUT2D eigenvalue weighted by molar-refractivity contribution is 1.02. The Hall–Kier alpha value is -14.5. The lowest BCUT2D eigenvalue weighted by Crippen LogP contribution is -2.04. The molecule has 0 unspecified atom stereocenters. The lowest BCUT2D eigenvalue weighted by Gasteiger charge is -2.18. The number of para-hydroxylation sites is 4. The molecule has 0 aliphatic heterocycles. The number of pyridine rings is 1. The van der Waals surface area contributed by atoms with Crippen molar-refractivity contribution in [3.8, 4) is 45.3 Å². The van der Waals surface area contributed by atoms with Crippen LogP contribution in [0.25, 0.3) is 252 Å². The molecular weight excluding hydrogens is 1320 g/mol. The van der Waals surface area contributed by atoms with Crippen LogP contribution in [0.3, 0.4) is 0 Å². The van der Waals surface area contributed by atoms with Gasteiger partial charge in [0.25, 0.3) is 0 Å². The Kier molecular flexibility index (Phi) is 11.1. The summed E-state index contributed by atoms with van der Waals surface area (Å²) in [6, 6.07) is 122. The van der Waals surface area contributed by atoms with Crippen LogP contribution in [0, 0.1) is 6.92 Å². The van der Waals surface area contributed by atoms with Crippen molar-refractivity contribution in [1.82, 2.24) is 32.9 Å². The maximum absolute atomic E-state index is 5.87. The van der Waals surface area contributed by atoms with Crippen LogP contribution in [0.15, 0.2) is 328 Å². The van der Waals surface area contributed by atoms with Crippen molar-refractivity contribution in [3.63, 3.8) is 0 Å². The Morgan fingerprint density at radius 1 is 0.220 bits per heavy atom. The monoisotopic (exact) mass is 1380 g/mol. The van der Waals surface area contributed by atoms with Crippen molar-refractivity contribution in [2.24, 2.45) is 0 Å². The SMILES string of the molecule is Cc1c(-n2c3ccccc3c3c4c5cc6ccc(-c7ccc8ccc(-c9nc(-n%10c%11ccccc%11c%11c%12c%13ccc%14ccccc%14c%13n%13c%14ccccc%14c(cc%11%10)c%12%13)nc%10c9ccc9ccccc9%10)cc8c7)cc6cc5n5c6ccccc6c(cc32)c45)nc2c(ccc3ccccc32)c1-c1ccc2ccccc2c1. The van der Waals surface area contributed by atoms with Crippen LogP contribution in [-0.4, -0.2) is 32.9 Å². The van der Waals surface area contributed by atoms with Gasteiger partial charge in [0.1, 0.15) is 5.82 Å². The van der Waals surface area contributed by atoms with Crippen molar-refractivity contribution in [2.45, 2.75) is 6.92 Å². The Bertz CT molecular complexity index is 8640. The van der Waals surface area contributed by atoms with Crippen LogP contribution in [0.5, 0.6) is 0 Å². The second-order valence-electron chi connectivity index (χ2n) is 30.1. The molecule has 0 spiro atoms. The maximum atomic E-state index is 5.87. The van der Waals surface area contributed by atoms with Gasteiger partial charge in [0, 0.05) is 103 Å². The average molecular weight is 1380 g/mol. The summed E-state index contributed by atoms with van der Waals surface area (Å²) in [5.41, 5.74) is 21.4. The highest BCUT2D eigenvalue weighted by molar-refractivity contribution is 6.39. The molecule has 8 aromatic heterocycles. The van der Waals surface area contributed by atoms with Gasteiger partial charge in [-0.25, -0.2) is 15.0 Å². The molecule has 0 saturated heterocycles. The highest BCUT2D eigenvalue weighted by Gasteiger charge is 2.30. The van der Waals surface area contributed by atoms with Crippen molar-refractivity contribution in [3.05, 3.63) is 333 Å². The molecule has 0 bridgehead atoms. The van der Waals surface area contributed by atoms with Crippen molar-refractivity contribution >= 4 is 206 Å². The summed E-state index contributed by atoms with van der Waals surface area (Å²) < 4.78 is 9.91. The van der Waals surface area contributed by atoms with E-state index in [0.717, 1.165) is 105 Å². The molecule has 0 aliphatic rings. The van der Waals surface area contributed by atoms with Gasteiger partial charge < -0.3 is 8.80 Å². The van der Waals surface area contributed by atoms with Gasteiger partial charge in [-0.15, -0.1) is 0 Å². The number of nitrogens with zero attached hydrogens (tertiary/aromatic N) is 7. The molecule has 0 fully saturated rings. The first kappa shape index (κ1) is 57.8. The summed E-state index contributed by atoms with van der Waals surface area (Å²) in [4.78, 5) is 17.4. The summed E-state index contributed by atoms with van der Waals surface area (Å²) >= 11 is 0.